The summed E-state index contributed by atoms with van der Waals surface area (Å²) in [6.45, 7) is 1.75. The number of hydrogen-bond acceptors (Lipinski definition) is 3. The Hall–Kier alpha value is -2.74. The number of carbonyl (C=O) groups excluding carboxylic acids is 1. The molecule has 0 aliphatic carbocycles. The molecule has 3 rings (SSSR count). The van der Waals surface area contributed by atoms with Crippen LogP contribution in [0.4, 0.5) is 18.9 Å². The predicted molar refractivity (Wildman–Crippen MR) is 94.0 cm³/mol. The van der Waals surface area contributed by atoms with Crippen LogP contribution < -0.4 is 5.32 Å². The zero-order chi connectivity index (χ0) is 18.7. The third-order valence-corrected chi connectivity index (χ3v) is 4.57. The first-order chi connectivity index (χ1) is 12.4. The van der Waals surface area contributed by atoms with Gasteiger partial charge in [-0.25, -0.2) is 18.2 Å². The van der Waals surface area contributed by atoms with E-state index < -0.39 is 17.5 Å². The van der Waals surface area contributed by atoms with Gasteiger partial charge in [0.25, 0.3) is 0 Å². The Labute approximate surface area is 152 Å². The molecule has 0 aliphatic heterocycles. The molecule has 1 heterocycles. The number of hydrogen-bond donors (Lipinski definition) is 1. The highest BCUT2D eigenvalue weighted by molar-refractivity contribution is 8.00. The average Bonchev–Trinajstić information content (AvgIpc) is 3.02. The van der Waals surface area contributed by atoms with Crippen molar-refractivity contribution >= 4 is 23.4 Å². The van der Waals surface area contributed by atoms with E-state index in [9.17, 15) is 18.0 Å². The first kappa shape index (κ1) is 18.1. The van der Waals surface area contributed by atoms with Crippen LogP contribution in [0.5, 0.6) is 0 Å². The number of aryl methyl sites for hydroxylation is 1. The van der Waals surface area contributed by atoms with E-state index in [1.54, 1.807) is 36.0 Å². The van der Waals surface area contributed by atoms with E-state index in [-0.39, 0.29) is 11.7 Å². The van der Waals surface area contributed by atoms with Gasteiger partial charge in [0.15, 0.2) is 11.6 Å². The largest absolute Gasteiger partial charge is 0.325 e. The van der Waals surface area contributed by atoms with Gasteiger partial charge < -0.3 is 9.88 Å². The minimum atomic E-state index is -0.970. The maximum atomic E-state index is 14.3. The fraction of sp³-hybridized carbons (Fsp3) is 0.111. The number of anilines is 1. The number of amides is 1. The fourth-order valence-electron chi connectivity index (χ4n) is 2.33. The fourth-order valence-corrected chi connectivity index (χ4v) is 3.05. The molecule has 0 saturated carbocycles. The van der Waals surface area contributed by atoms with Crippen molar-refractivity contribution in [3.8, 4) is 5.69 Å². The number of aromatic nitrogens is 2. The van der Waals surface area contributed by atoms with Crippen LogP contribution in [0.2, 0.25) is 0 Å². The van der Waals surface area contributed by atoms with Gasteiger partial charge in [0.1, 0.15) is 11.6 Å². The van der Waals surface area contributed by atoms with Gasteiger partial charge in [-0.15, -0.1) is 11.8 Å². The summed E-state index contributed by atoms with van der Waals surface area (Å²) >= 11 is 1.05. The highest BCUT2D eigenvalue weighted by Gasteiger charge is 2.10. The molecule has 1 aromatic heterocycles. The van der Waals surface area contributed by atoms with Crippen molar-refractivity contribution in [3.05, 3.63) is 72.1 Å². The number of nitrogens with zero attached hydrogens (tertiary/aromatic N) is 2. The quantitative estimate of drug-likeness (QED) is 0.674. The van der Waals surface area contributed by atoms with Crippen molar-refractivity contribution in [3.63, 3.8) is 0 Å². The van der Waals surface area contributed by atoms with Crippen molar-refractivity contribution in [2.45, 2.75) is 11.8 Å². The second-order valence-electron chi connectivity index (χ2n) is 5.42. The van der Waals surface area contributed by atoms with E-state index in [2.05, 4.69) is 10.3 Å². The normalized spacial score (nSPS) is 10.8. The van der Waals surface area contributed by atoms with Crippen molar-refractivity contribution in [1.82, 2.24) is 9.55 Å². The lowest BCUT2D eigenvalue weighted by atomic mass is 10.2. The number of halogens is 3. The first-order valence-corrected chi connectivity index (χ1v) is 8.60. The molecule has 1 N–H and O–H groups in total. The smallest absolute Gasteiger partial charge is 0.234 e. The van der Waals surface area contributed by atoms with Gasteiger partial charge in [-0.2, -0.15) is 0 Å². The molecule has 0 bridgehead atoms. The van der Waals surface area contributed by atoms with Gasteiger partial charge in [0.2, 0.25) is 5.91 Å². The average molecular weight is 377 g/mol. The number of nitrogens with one attached hydrogen (secondary N) is 1. The van der Waals surface area contributed by atoms with Crippen LogP contribution in [-0.4, -0.2) is 21.2 Å². The molecule has 2 aromatic carbocycles. The van der Waals surface area contributed by atoms with Crippen molar-refractivity contribution in [1.29, 1.82) is 0 Å². The molecule has 0 atom stereocenters. The van der Waals surface area contributed by atoms with E-state index in [0.29, 0.717) is 22.1 Å². The number of imidazole rings is 1. The molecule has 0 saturated heterocycles. The Morgan fingerprint density at radius 3 is 2.58 bits per heavy atom. The number of rotatable bonds is 5. The topological polar surface area (TPSA) is 46.9 Å². The number of carbonyl (C=O) groups is 1. The zero-order valence-corrected chi connectivity index (χ0v) is 14.5. The van der Waals surface area contributed by atoms with Crippen LogP contribution >= 0.6 is 11.8 Å². The SMILES string of the molecule is Cc1nccn1-c1ccc(NC(=O)CSc2ccc(F)c(F)c2)cc1F. The molecule has 4 nitrogen and oxygen atoms in total. The van der Waals surface area contributed by atoms with Crippen molar-refractivity contribution in [2.75, 3.05) is 11.1 Å². The Balaban J connectivity index is 1.63. The van der Waals surface area contributed by atoms with Crippen LogP contribution in [0, 0.1) is 24.4 Å². The van der Waals surface area contributed by atoms with E-state index in [4.69, 9.17) is 0 Å². The third-order valence-electron chi connectivity index (χ3n) is 3.58. The monoisotopic (exact) mass is 377 g/mol. The Kier molecular flexibility index (Phi) is 5.32. The van der Waals surface area contributed by atoms with Gasteiger partial charge in [0.05, 0.1) is 11.4 Å². The number of benzene rings is 2. The minimum Gasteiger partial charge on any atom is -0.325 e. The van der Waals surface area contributed by atoms with Crippen LogP contribution in [0.3, 0.4) is 0 Å². The lowest BCUT2D eigenvalue weighted by molar-refractivity contribution is -0.113. The Morgan fingerprint density at radius 2 is 1.92 bits per heavy atom. The zero-order valence-electron chi connectivity index (χ0n) is 13.7. The standard InChI is InChI=1S/C18H14F3N3OS/c1-11-22-6-7-24(11)17-5-2-12(8-16(17)21)23-18(25)10-26-13-3-4-14(19)15(20)9-13/h2-9H,10H2,1H3,(H,23,25). The van der Waals surface area contributed by atoms with E-state index in [1.807, 2.05) is 0 Å². The van der Waals surface area contributed by atoms with Gasteiger partial charge in [-0.05, 0) is 43.3 Å². The molecule has 8 heteroatoms. The van der Waals surface area contributed by atoms with E-state index in [0.717, 1.165) is 23.9 Å². The maximum absolute atomic E-state index is 14.3. The second-order valence-corrected chi connectivity index (χ2v) is 6.47. The summed E-state index contributed by atoms with van der Waals surface area (Å²) < 4.78 is 41.9. The summed E-state index contributed by atoms with van der Waals surface area (Å²) in [6, 6.07) is 7.75. The van der Waals surface area contributed by atoms with Crippen LogP contribution in [0.1, 0.15) is 5.82 Å². The lowest BCUT2D eigenvalue weighted by Crippen LogP contribution is -2.14. The lowest BCUT2D eigenvalue weighted by Gasteiger charge is -2.10. The Bertz CT molecular complexity index is 959. The van der Waals surface area contributed by atoms with Crippen molar-refractivity contribution in [2.24, 2.45) is 0 Å². The summed E-state index contributed by atoms with van der Waals surface area (Å²) in [7, 11) is 0. The third kappa shape index (κ3) is 4.08. The van der Waals surface area contributed by atoms with Gasteiger partial charge in [-0.3, -0.25) is 4.79 Å². The van der Waals surface area contributed by atoms with E-state index in [1.165, 1.54) is 12.1 Å². The highest BCUT2D eigenvalue weighted by Crippen LogP contribution is 2.22. The summed E-state index contributed by atoms with van der Waals surface area (Å²) in [6.07, 6.45) is 3.21. The van der Waals surface area contributed by atoms with Gasteiger partial charge >= 0.3 is 0 Å². The highest BCUT2D eigenvalue weighted by atomic mass is 32.2. The summed E-state index contributed by atoms with van der Waals surface area (Å²) in [4.78, 5) is 16.4. The molecule has 3 aromatic rings. The predicted octanol–water partition coefficient (Wildman–Crippen LogP) is 4.33. The summed E-state index contributed by atoms with van der Waals surface area (Å²) in [5.74, 6) is -2.17. The van der Waals surface area contributed by atoms with E-state index >= 15 is 0 Å². The van der Waals surface area contributed by atoms with Crippen LogP contribution in [0.15, 0.2) is 53.7 Å². The molecular weight excluding hydrogens is 363 g/mol. The van der Waals surface area contributed by atoms with Crippen LogP contribution in [-0.2, 0) is 4.79 Å². The first-order valence-electron chi connectivity index (χ1n) is 7.61. The molecular formula is C18H14F3N3OS. The molecule has 0 unspecified atom stereocenters. The Morgan fingerprint density at radius 1 is 1.12 bits per heavy atom. The molecule has 0 fully saturated rings. The molecule has 0 spiro atoms. The summed E-state index contributed by atoms with van der Waals surface area (Å²) in [5, 5.41) is 2.57. The van der Waals surface area contributed by atoms with Crippen LogP contribution in [0.25, 0.3) is 5.69 Å². The van der Waals surface area contributed by atoms with Gasteiger partial charge in [0, 0.05) is 23.0 Å². The molecule has 0 aliphatic rings. The summed E-state index contributed by atoms with van der Waals surface area (Å²) in [5.41, 5.74) is 0.633. The molecule has 1 amide bonds. The second kappa shape index (κ2) is 7.65. The number of thioether (sulfide) groups is 1. The molecule has 0 radical (unpaired) electrons. The molecule has 134 valence electrons. The molecule has 26 heavy (non-hydrogen) atoms. The van der Waals surface area contributed by atoms with Gasteiger partial charge in [-0.1, -0.05) is 0 Å². The maximum Gasteiger partial charge on any atom is 0.234 e. The minimum absolute atomic E-state index is 0.0188. The van der Waals surface area contributed by atoms with Crippen molar-refractivity contribution < 1.29 is 18.0 Å².